The van der Waals surface area contributed by atoms with E-state index in [2.05, 4.69) is 27.9 Å². The maximum absolute atomic E-state index is 11.8. The number of halogens is 1. The predicted molar refractivity (Wildman–Crippen MR) is 95.0 cm³/mol. The van der Waals surface area contributed by atoms with Gasteiger partial charge in [-0.05, 0) is 46.9 Å². The van der Waals surface area contributed by atoms with Crippen molar-refractivity contribution in [1.29, 1.82) is 0 Å². The topological polar surface area (TPSA) is 99.4 Å². The summed E-state index contributed by atoms with van der Waals surface area (Å²) in [5.74, 6) is -1.27. The van der Waals surface area contributed by atoms with Crippen molar-refractivity contribution in [2.45, 2.75) is 0 Å². The van der Waals surface area contributed by atoms with Gasteiger partial charge in [0.2, 0.25) is 0 Å². The summed E-state index contributed by atoms with van der Waals surface area (Å²) in [5.41, 5.74) is -0.804. The van der Waals surface area contributed by atoms with E-state index in [-0.39, 0.29) is 5.82 Å². The van der Waals surface area contributed by atoms with Crippen LogP contribution in [0.2, 0.25) is 0 Å². The molecule has 126 valence electrons. The number of rotatable bonds is 4. The molecule has 24 heavy (non-hydrogen) atoms. The monoisotopic (exact) mass is 443 g/mol. The van der Waals surface area contributed by atoms with Crippen LogP contribution < -0.4 is 16.6 Å². The van der Waals surface area contributed by atoms with Crippen LogP contribution in [0.15, 0.2) is 39.9 Å². The second kappa shape index (κ2) is 7.43. The Bertz CT molecular complexity index is 899. The third-order valence-corrected chi connectivity index (χ3v) is 3.93. The molecule has 0 aliphatic heterocycles. The van der Waals surface area contributed by atoms with Gasteiger partial charge >= 0.3 is 11.7 Å². The van der Waals surface area contributed by atoms with Gasteiger partial charge in [0, 0.05) is 23.7 Å². The Kier molecular flexibility index (Phi) is 5.54. The second-order valence-corrected chi connectivity index (χ2v) is 6.15. The van der Waals surface area contributed by atoms with Crippen molar-refractivity contribution >= 4 is 40.3 Å². The van der Waals surface area contributed by atoms with Crippen LogP contribution in [0.4, 0.5) is 5.82 Å². The first kappa shape index (κ1) is 17.9. The lowest BCUT2D eigenvalue weighted by molar-refractivity contribution is -0.119. The summed E-state index contributed by atoms with van der Waals surface area (Å²) < 4.78 is 7.89. The summed E-state index contributed by atoms with van der Waals surface area (Å²) in [4.78, 5) is 47.0. The first-order valence-electron chi connectivity index (χ1n) is 6.79. The van der Waals surface area contributed by atoms with Gasteiger partial charge in [0.05, 0.1) is 5.56 Å². The molecule has 1 aromatic heterocycles. The van der Waals surface area contributed by atoms with Gasteiger partial charge in [-0.2, -0.15) is 0 Å². The van der Waals surface area contributed by atoms with Gasteiger partial charge in [-0.1, -0.05) is 0 Å². The van der Waals surface area contributed by atoms with Crippen LogP contribution in [0.3, 0.4) is 0 Å². The zero-order chi connectivity index (χ0) is 17.9. The standard InChI is InChI=1S/C15H14IN3O5/c1-18-11(7-13(21)19(2)15(18)23)17-12(20)8-24-14(22)9-3-5-10(16)6-4-9/h3-7H,8H2,1-2H3,(H,17,20). The Balaban J connectivity index is 2.02. The molecule has 1 aromatic carbocycles. The number of hydrogen-bond acceptors (Lipinski definition) is 5. The molecule has 0 radical (unpaired) electrons. The summed E-state index contributed by atoms with van der Waals surface area (Å²) in [6.07, 6.45) is 0. The lowest BCUT2D eigenvalue weighted by atomic mass is 10.2. The molecule has 0 unspecified atom stereocenters. The molecule has 0 atom stereocenters. The molecular weight excluding hydrogens is 429 g/mol. The highest BCUT2D eigenvalue weighted by molar-refractivity contribution is 14.1. The van der Waals surface area contributed by atoms with E-state index in [0.717, 1.165) is 18.8 Å². The average Bonchev–Trinajstić information content (AvgIpc) is 2.56. The number of carbonyl (C=O) groups is 2. The first-order valence-corrected chi connectivity index (χ1v) is 7.87. The number of aromatic nitrogens is 2. The van der Waals surface area contributed by atoms with E-state index in [0.29, 0.717) is 5.56 Å². The SMILES string of the molecule is Cn1c(NC(=O)COC(=O)c2ccc(I)cc2)cc(=O)n(C)c1=O. The van der Waals surface area contributed by atoms with Crippen LogP contribution >= 0.6 is 22.6 Å². The minimum absolute atomic E-state index is 0.0263. The molecule has 0 saturated heterocycles. The van der Waals surface area contributed by atoms with Gasteiger partial charge in [0.25, 0.3) is 11.5 Å². The number of carbonyl (C=O) groups excluding carboxylic acids is 2. The summed E-state index contributed by atoms with van der Waals surface area (Å²) in [5, 5.41) is 2.37. The molecule has 0 aliphatic carbocycles. The van der Waals surface area contributed by atoms with Crippen LogP contribution in [0.25, 0.3) is 0 Å². The van der Waals surface area contributed by atoms with E-state index < -0.39 is 29.7 Å². The quantitative estimate of drug-likeness (QED) is 0.548. The predicted octanol–water partition coefficient (Wildman–Crippen LogP) is 0.484. The van der Waals surface area contributed by atoms with E-state index in [1.807, 2.05) is 0 Å². The molecule has 0 spiro atoms. The number of hydrogen-bond donors (Lipinski definition) is 1. The number of nitrogens with zero attached hydrogens (tertiary/aromatic N) is 2. The van der Waals surface area contributed by atoms with Crippen molar-refractivity contribution in [3.8, 4) is 0 Å². The van der Waals surface area contributed by atoms with E-state index in [1.165, 1.54) is 14.1 Å². The van der Waals surface area contributed by atoms with E-state index in [9.17, 15) is 19.2 Å². The third-order valence-electron chi connectivity index (χ3n) is 3.21. The Morgan fingerprint density at radius 2 is 1.75 bits per heavy atom. The number of anilines is 1. The maximum Gasteiger partial charge on any atom is 0.338 e. The van der Waals surface area contributed by atoms with Gasteiger partial charge < -0.3 is 10.1 Å². The van der Waals surface area contributed by atoms with Crippen molar-refractivity contribution in [2.75, 3.05) is 11.9 Å². The lowest BCUT2D eigenvalue weighted by Crippen LogP contribution is -2.38. The highest BCUT2D eigenvalue weighted by atomic mass is 127. The lowest BCUT2D eigenvalue weighted by Gasteiger charge is -2.11. The minimum Gasteiger partial charge on any atom is -0.452 e. The first-order chi connectivity index (χ1) is 11.3. The Hall–Kier alpha value is -2.43. The van der Waals surface area contributed by atoms with Crippen molar-refractivity contribution in [2.24, 2.45) is 14.1 Å². The molecule has 2 rings (SSSR count). The van der Waals surface area contributed by atoms with Gasteiger partial charge in [0.1, 0.15) is 5.82 Å². The molecule has 9 heteroatoms. The van der Waals surface area contributed by atoms with Gasteiger partial charge in [-0.3, -0.25) is 18.7 Å². The maximum atomic E-state index is 11.8. The van der Waals surface area contributed by atoms with E-state index in [1.54, 1.807) is 24.3 Å². The normalized spacial score (nSPS) is 10.3. The molecule has 0 bridgehead atoms. The number of ether oxygens (including phenoxy) is 1. The molecule has 1 amide bonds. The minimum atomic E-state index is -0.655. The largest absolute Gasteiger partial charge is 0.452 e. The molecule has 2 aromatic rings. The molecular formula is C15H14IN3O5. The molecule has 0 aliphatic rings. The zero-order valence-corrected chi connectivity index (χ0v) is 15.1. The fourth-order valence-electron chi connectivity index (χ4n) is 1.83. The van der Waals surface area contributed by atoms with Crippen LogP contribution in [0.1, 0.15) is 10.4 Å². The fourth-order valence-corrected chi connectivity index (χ4v) is 2.19. The molecule has 1 heterocycles. The smallest absolute Gasteiger partial charge is 0.338 e. The van der Waals surface area contributed by atoms with Gasteiger partial charge in [0.15, 0.2) is 6.61 Å². The summed E-state index contributed by atoms with van der Waals surface area (Å²) in [6.45, 7) is -0.534. The number of nitrogens with one attached hydrogen (secondary N) is 1. The van der Waals surface area contributed by atoms with Gasteiger partial charge in [-0.25, -0.2) is 9.59 Å². The van der Waals surface area contributed by atoms with Crippen molar-refractivity contribution in [3.05, 3.63) is 60.3 Å². The van der Waals surface area contributed by atoms with Crippen LogP contribution in [-0.2, 0) is 23.6 Å². The third kappa shape index (κ3) is 4.10. The highest BCUT2D eigenvalue weighted by Crippen LogP contribution is 2.08. The summed E-state index contributed by atoms with van der Waals surface area (Å²) in [6, 6.07) is 7.78. The molecule has 1 N–H and O–H groups in total. The number of esters is 1. The summed E-state index contributed by atoms with van der Waals surface area (Å²) in [7, 11) is 2.74. The number of benzene rings is 1. The number of amides is 1. The Morgan fingerprint density at radius 3 is 2.38 bits per heavy atom. The Morgan fingerprint density at radius 1 is 1.12 bits per heavy atom. The van der Waals surface area contributed by atoms with Crippen LogP contribution in [0.5, 0.6) is 0 Å². The second-order valence-electron chi connectivity index (χ2n) is 4.90. The van der Waals surface area contributed by atoms with Crippen molar-refractivity contribution < 1.29 is 14.3 Å². The van der Waals surface area contributed by atoms with E-state index in [4.69, 9.17) is 4.74 Å². The molecule has 8 nitrogen and oxygen atoms in total. The average molecular weight is 443 g/mol. The van der Waals surface area contributed by atoms with Gasteiger partial charge in [-0.15, -0.1) is 0 Å². The van der Waals surface area contributed by atoms with Crippen LogP contribution in [0, 0.1) is 3.57 Å². The van der Waals surface area contributed by atoms with Crippen molar-refractivity contribution in [3.63, 3.8) is 0 Å². The highest BCUT2D eigenvalue weighted by Gasteiger charge is 2.12. The fraction of sp³-hybridized carbons (Fsp3) is 0.200. The zero-order valence-electron chi connectivity index (χ0n) is 12.9. The summed E-state index contributed by atoms with van der Waals surface area (Å²) >= 11 is 2.10. The van der Waals surface area contributed by atoms with E-state index >= 15 is 0 Å². The molecule has 0 fully saturated rings. The Labute approximate surface area is 150 Å². The van der Waals surface area contributed by atoms with Crippen LogP contribution in [-0.4, -0.2) is 27.6 Å². The van der Waals surface area contributed by atoms with Crippen molar-refractivity contribution in [1.82, 2.24) is 9.13 Å². The molecule has 0 saturated carbocycles.